The first-order valence-electron chi connectivity index (χ1n) is 6.70. The smallest absolute Gasteiger partial charge is 0.123 e. The number of rotatable bonds is 6. The maximum Gasteiger partial charge on any atom is 0.123 e. The molecule has 0 amide bonds. The molecule has 1 aromatic heterocycles. The summed E-state index contributed by atoms with van der Waals surface area (Å²) < 4.78 is 13.3. The molecule has 1 unspecified atom stereocenters. The van der Waals surface area contributed by atoms with Crippen molar-refractivity contribution in [3.8, 4) is 0 Å². The lowest BCUT2D eigenvalue weighted by Crippen LogP contribution is -2.19. The standard InChI is InChI=1S/C16H20FNS/c1-3-15-7-8-16(19-15)10-13(11-18-2)12-5-4-6-14(17)9-12/h4-9,13,18H,3,10-11H2,1-2H3. The first-order chi connectivity index (χ1) is 9.22. The fraction of sp³-hybridized carbons (Fsp3) is 0.375. The van der Waals surface area contributed by atoms with E-state index in [4.69, 9.17) is 0 Å². The molecule has 1 atom stereocenters. The normalized spacial score (nSPS) is 12.6. The number of nitrogens with one attached hydrogen (secondary N) is 1. The third-order valence-corrected chi connectivity index (χ3v) is 4.54. The second kappa shape index (κ2) is 6.83. The Kier molecular flexibility index (Phi) is 5.11. The van der Waals surface area contributed by atoms with Crippen molar-refractivity contribution in [3.63, 3.8) is 0 Å². The molecular weight excluding hydrogens is 257 g/mol. The highest BCUT2D eigenvalue weighted by atomic mass is 32.1. The second-order valence-electron chi connectivity index (χ2n) is 4.74. The number of halogens is 1. The van der Waals surface area contributed by atoms with Gasteiger partial charge in [-0.25, -0.2) is 4.39 Å². The van der Waals surface area contributed by atoms with Crippen LogP contribution in [0.2, 0.25) is 0 Å². The average Bonchev–Trinajstić information content (AvgIpc) is 2.86. The third-order valence-electron chi connectivity index (χ3n) is 3.28. The summed E-state index contributed by atoms with van der Waals surface area (Å²) in [4.78, 5) is 2.79. The summed E-state index contributed by atoms with van der Waals surface area (Å²) in [5.74, 6) is 0.170. The maximum absolute atomic E-state index is 13.3. The highest BCUT2D eigenvalue weighted by molar-refractivity contribution is 7.11. The van der Waals surface area contributed by atoms with E-state index in [0.717, 1.165) is 24.9 Å². The van der Waals surface area contributed by atoms with E-state index in [1.165, 1.54) is 15.8 Å². The molecule has 0 aliphatic heterocycles. The Labute approximate surface area is 118 Å². The van der Waals surface area contributed by atoms with Crippen molar-refractivity contribution >= 4 is 11.3 Å². The highest BCUT2D eigenvalue weighted by Gasteiger charge is 2.13. The predicted octanol–water partition coefficient (Wildman–Crippen LogP) is 4.00. The zero-order chi connectivity index (χ0) is 13.7. The molecule has 3 heteroatoms. The predicted molar refractivity (Wildman–Crippen MR) is 80.5 cm³/mol. The lowest BCUT2D eigenvalue weighted by Gasteiger charge is -2.16. The molecule has 1 heterocycles. The maximum atomic E-state index is 13.3. The fourth-order valence-electron chi connectivity index (χ4n) is 2.28. The van der Waals surface area contributed by atoms with Crippen LogP contribution in [0, 0.1) is 5.82 Å². The Morgan fingerprint density at radius 2 is 2.00 bits per heavy atom. The molecule has 2 rings (SSSR count). The Bertz CT molecular complexity index is 521. The van der Waals surface area contributed by atoms with E-state index in [-0.39, 0.29) is 5.82 Å². The molecule has 1 aromatic carbocycles. The average molecular weight is 277 g/mol. The van der Waals surface area contributed by atoms with Gasteiger partial charge in [-0.3, -0.25) is 0 Å². The van der Waals surface area contributed by atoms with Crippen molar-refractivity contribution in [1.29, 1.82) is 0 Å². The molecule has 1 nitrogen and oxygen atoms in total. The van der Waals surface area contributed by atoms with Gasteiger partial charge in [-0.1, -0.05) is 19.1 Å². The van der Waals surface area contributed by atoms with Gasteiger partial charge in [0, 0.05) is 22.2 Å². The quantitative estimate of drug-likeness (QED) is 0.841. The lowest BCUT2D eigenvalue weighted by atomic mass is 9.95. The van der Waals surface area contributed by atoms with Gasteiger partial charge in [0.1, 0.15) is 5.82 Å². The number of likely N-dealkylation sites (N-methyl/N-ethyl adjacent to an activating group) is 1. The topological polar surface area (TPSA) is 12.0 Å². The van der Waals surface area contributed by atoms with Crippen LogP contribution in [0.3, 0.4) is 0 Å². The summed E-state index contributed by atoms with van der Waals surface area (Å²) >= 11 is 1.86. The minimum atomic E-state index is -0.154. The summed E-state index contributed by atoms with van der Waals surface area (Å²) in [7, 11) is 1.94. The van der Waals surface area contributed by atoms with Crippen LogP contribution in [0.1, 0.15) is 28.2 Å². The van der Waals surface area contributed by atoms with Crippen molar-refractivity contribution in [2.24, 2.45) is 0 Å². The van der Waals surface area contributed by atoms with Gasteiger partial charge in [0.15, 0.2) is 0 Å². The van der Waals surface area contributed by atoms with E-state index in [1.54, 1.807) is 12.1 Å². The molecule has 102 valence electrons. The third kappa shape index (κ3) is 3.88. The van der Waals surface area contributed by atoms with Crippen molar-refractivity contribution in [2.45, 2.75) is 25.7 Å². The Morgan fingerprint density at radius 1 is 1.21 bits per heavy atom. The molecule has 0 aliphatic carbocycles. The van der Waals surface area contributed by atoms with E-state index in [9.17, 15) is 4.39 Å². The van der Waals surface area contributed by atoms with Crippen LogP contribution in [0.15, 0.2) is 36.4 Å². The number of benzene rings is 1. The van der Waals surface area contributed by atoms with Gasteiger partial charge in [0.05, 0.1) is 0 Å². The highest BCUT2D eigenvalue weighted by Crippen LogP contribution is 2.26. The largest absolute Gasteiger partial charge is 0.319 e. The first kappa shape index (κ1) is 14.2. The van der Waals surface area contributed by atoms with Crippen LogP contribution >= 0.6 is 11.3 Å². The second-order valence-corrected chi connectivity index (χ2v) is 5.99. The number of hydrogen-bond donors (Lipinski definition) is 1. The van der Waals surface area contributed by atoms with Crippen LogP contribution in [-0.4, -0.2) is 13.6 Å². The summed E-state index contributed by atoms with van der Waals surface area (Å²) in [6, 6.07) is 11.3. The minimum absolute atomic E-state index is 0.154. The van der Waals surface area contributed by atoms with Crippen molar-refractivity contribution in [3.05, 3.63) is 57.5 Å². The molecule has 1 N–H and O–H groups in total. The molecule has 0 fully saturated rings. The molecule has 0 saturated heterocycles. The summed E-state index contributed by atoms with van der Waals surface area (Å²) in [6.45, 7) is 3.04. The summed E-state index contributed by atoms with van der Waals surface area (Å²) in [6.07, 6.45) is 2.05. The van der Waals surface area contributed by atoms with Crippen molar-refractivity contribution in [1.82, 2.24) is 5.32 Å². The molecule has 19 heavy (non-hydrogen) atoms. The van der Waals surface area contributed by atoms with Gasteiger partial charge in [0.25, 0.3) is 0 Å². The molecule has 2 aromatic rings. The summed E-state index contributed by atoms with van der Waals surface area (Å²) in [5.41, 5.74) is 1.07. The van der Waals surface area contributed by atoms with E-state index in [2.05, 4.69) is 24.4 Å². The van der Waals surface area contributed by atoms with E-state index in [0.29, 0.717) is 5.92 Å². The van der Waals surface area contributed by atoms with Gasteiger partial charge >= 0.3 is 0 Å². The number of aryl methyl sites for hydroxylation is 1. The Hall–Kier alpha value is -1.19. The lowest BCUT2D eigenvalue weighted by molar-refractivity contribution is 0.603. The van der Waals surface area contributed by atoms with Crippen molar-refractivity contribution < 1.29 is 4.39 Å². The van der Waals surface area contributed by atoms with Gasteiger partial charge < -0.3 is 5.32 Å². The van der Waals surface area contributed by atoms with Gasteiger partial charge in [-0.2, -0.15) is 0 Å². The van der Waals surface area contributed by atoms with Crippen LogP contribution < -0.4 is 5.32 Å². The Morgan fingerprint density at radius 3 is 2.63 bits per heavy atom. The summed E-state index contributed by atoms with van der Waals surface area (Å²) in [5, 5.41) is 3.21. The molecule has 0 saturated carbocycles. The molecule has 0 spiro atoms. The monoisotopic (exact) mass is 277 g/mol. The molecule has 0 bridgehead atoms. The van der Waals surface area contributed by atoms with Gasteiger partial charge in [0.2, 0.25) is 0 Å². The molecule has 0 radical (unpaired) electrons. The van der Waals surface area contributed by atoms with Gasteiger partial charge in [-0.15, -0.1) is 11.3 Å². The van der Waals surface area contributed by atoms with E-state index < -0.39 is 0 Å². The van der Waals surface area contributed by atoms with Crippen LogP contribution in [-0.2, 0) is 12.8 Å². The van der Waals surface area contributed by atoms with Gasteiger partial charge in [-0.05, 0) is 49.7 Å². The molecular formula is C16H20FNS. The first-order valence-corrected chi connectivity index (χ1v) is 7.52. The Balaban J connectivity index is 2.15. The zero-order valence-electron chi connectivity index (χ0n) is 11.4. The number of thiophene rings is 1. The minimum Gasteiger partial charge on any atom is -0.319 e. The van der Waals surface area contributed by atoms with Crippen LogP contribution in [0.4, 0.5) is 4.39 Å². The van der Waals surface area contributed by atoms with E-state index in [1.807, 2.05) is 24.5 Å². The van der Waals surface area contributed by atoms with Crippen molar-refractivity contribution in [2.75, 3.05) is 13.6 Å². The van der Waals surface area contributed by atoms with E-state index >= 15 is 0 Å². The molecule has 0 aliphatic rings. The van der Waals surface area contributed by atoms with Crippen LogP contribution in [0.25, 0.3) is 0 Å². The fourth-order valence-corrected chi connectivity index (χ4v) is 3.32. The number of hydrogen-bond acceptors (Lipinski definition) is 2. The van der Waals surface area contributed by atoms with Crippen LogP contribution in [0.5, 0.6) is 0 Å². The zero-order valence-corrected chi connectivity index (χ0v) is 12.3. The SMILES string of the molecule is CCc1ccc(CC(CNC)c2cccc(F)c2)s1.